The normalized spacial score (nSPS) is 11.8. The van der Waals surface area contributed by atoms with E-state index in [-0.39, 0.29) is 11.9 Å². The molecule has 25 heavy (non-hydrogen) atoms. The van der Waals surface area contributed by atoms with Gasteiger partial charge in [0.2, 0.25) is 0 Å². The fourth-order valence-corrected chi connectivity index (χ4v) is 2.74. The van der Waals surface area contributed by atoms with Crippen LogP contribution < -0.4 is 10.1 Å². The van der Waals surface area contributed by atoms with E-state index in [4.69, 9.17) is 4.74 Å². The maximum Gasteiger partial charge on any atom is 0.255 e. The topological polar surface area (TPSA) is 43.3 Å². The van der Waals surface area contributed by atoms with Crippen LogP contribution in [0.15, 0.2) is 73.1 Å². The van der Waals surface area contributed by atoms with E-state index in [2.05, 4.69) is 5.32 Å². The molecule has 1 heterocycles. The number of carbonyl (C=O) groups is 1. The van der Waals surface area contributed by atoms with Gasteiger partial charge in [-0.3, -0.25) is 4.79 Å². The van der Waals surface area contributed by atoms with Crippen LogP contribution in [0.1, 0.15) is 35.8 Å². The van der Waals surface area contributed by atoms with Gasteiger partial charge < -0.3 is 14.6 Å². The van der Waals surface area contributed by atoms with Gasteiger partial charge in [-0.2, -0.15) is 0 Å². The lowest BCUT2D eigenvalue weighted by Gasteiger charge is -2.16. The van der Waals surface area contributed by atoms with Crippen LogP contribution in [-0.2, 0) is 0 Å². The third-order valence-corrected chi connectivity index (χ3v) is 4.07. The molecule has 0 fully saturated rings. The molecule has 128 valence electrons. The number of aromatic nitrogens is 1. The van der Waals surface area contributed by atoms with Crippen LogP contribution in [0, 0.1) is 0 Å². The lowest BCUT2D eigenvalue weighted by molar-refractivity contribution is 0.0936. The van der Waals surface area contributed by atoms with Crippen molar-refractivity contribution in [3.63, 3.8) is 0 Å². The number of para-hydroxylation sites is 1. The Hall–Kier alpha value is -3.01. The van der Waals surface area contributed by atoms with Gasteiger partial charge in [0.1, 0.15) is 5.75 Å². The van der Waals surface area contributed by atoms with Crippen molar-refractivity contribution in [3.8, 4) is 11.4 Å². The molecular formula is C21H22N2O2. The second-order valence-corrected chi connectivity index (χ2v) is 5.81. The Labute approximate surface area is 148 Å². The lowest BCUT2D eigenvalue weighted by Crippen LogP contribution is -2.27. The van der Waals surface area contributed by atoms with Crippen molar-refractivity contribution < 1.29 is 9.53 Å². The minimum Gasteiger partial charge on any atom is -0.493 e. The molecule has 1 N–H and O–H groups in total. The molecule has 4 heteroatoms. The number of ether oxygens (including phenoxy) is 1. The highest BCUT2D eigenvalue weighted by Gasteiger charge is 2.15. The maximum absolute atomic E-state index is 12.6. The predicted molar refractivity (Wildman–Crippen MR) is 99.3 cm³/mol. The van der Waals surface area contributed by atoms with Crippen LogP contribution >= 0.6 is 0 Å². The van der Waals surface area contributed by atoms with Gasteiger partial charge in [-0.1, -0.05) is 24.3 Å². The second kappa shape index (κ2) is 7.71. The highest BCUT2D eigenvalue weighted by atomic mass is 16.5. The van der Waals surface area contributed by atoms with E-state index >= 15 is 0 Å². The molecule has 0 aliphatic carbocycles. The third kappa shape index (κ3) is 3.91. The van der Waals surface area contributed by atoms with E-state index in [1.54, 1.807) is 6.07 Å². The standard InChI is InChI=1S/C21H22N2O2/c1-3-25-20-9-5-4-8-19(20)21(24)22-16(2)17-10-12-18(13-11-17)23-14-6-7-15-23/h4-16H,3H2,1-2H3,(H,22,24). The molecule has 4 nitrogen and oxygen atoms in total. The summed E-state index contributed by atoms with van der Waals surface area (Å²) in [6.45, 7) is 4.41. The van der Waals surface area contributed by atoms with E-state index in [1.807, 2.05) is 85.4 Å². The van der Waals surface area contributed by atoms with Gasteiger partial charge in [0.15, 0.2) is 0 Å². The molecule has 1 atom stereocenters. The van der Waals surface area contributed by atoms with Crippen molar-refractivity contribution in [1.29, 1.82) is 0 Å². The van der Waals surface area contributed by atoms with Crippen molar-refractivity contribution in [2.45, 2.75) is 19.9 Å². The first-order valence-corrected chi connectivity index (χ1v) is 8.45. The summed E-state index contributed by atoms with van der Waals surface area (Å²) in [6.07, 6.45) is 4.01. The number of hydrogen-bond donors (Lipinski definition) is 1. The molecule has 0 saturated heterocycles. The number of benzene rings is 2. The Morgan fingerprint density at radius 3 is 2.40 bits per heavy atom. The molecular weight excluding hydrogens is 312 g/mol. The van der Waals surface area contributed by atoms with Crippen LogP contribution in [0.5, 0.6) is 5.75 Å². The van der Waals surface area contributed by atoms with Gasteiger partial charge in [-0.05, 0) is 55.8 Å². The van der Waals surface area contributed by atoms with Gasteiger partial charge in [-0.25, -0.2) is 0 Å². The number of carbonyl (C=O) groups excluding carboxylic acids is 1. The Kier molecular flexibility index (Phi) is 5.19. The predicted octanol–water partition coefficient (Wildman–Crippen LogP) is 4.37. The van der Waals surface area contributed by atoms with Gasteiger partial charge in [0.25, 0.3) is 5.91 Å². The molecule has 0 radical (unpaired) electrons. The Balaban J connectivity index is 1.71. The SMILES string of the molecule is CCOc1ccccc1C(=O)NC(C)c1ccc(-n2cccc2)cc1. The molecule has 3 aromatic rings. The summed E-state index contributed by atoms with van der Waals surface area (Å²) in [6, 6.07) is 19.4. The van der Waals surface area contributed by atoms with Gasteiger partial charge >= 0.3 is 0 Å². The fourth-order valence-electron chi connectivity index (χ4n) is 2.74. The van der Waals surface area contributed by atoms with Crippen LogP contribution in [0.3, 0.4) is 0 Å². The number of rotatable bonds is 6. The first kappa shape index (κ1) is 16.8. The summed E-state index contributed by atoms with van der Waals surface area (Å²) < 4.78 is 7.59. The summed E-state index contributed by atoms with van der Waals surface area (Å²) in [7, 11) is 0. The van der Waals surface area contributed by atoms with Crippen LogP contribution in [0.4, 0.5) is 0 Å². The number of hydrogen-bond acceptors (Lipinski definition) is 2. The fraction of sp³-hybridized carbons (Fsp3) is 0.190. The molecule has 0 saturated carbocycles. The van der Waals surface area contributed by atoms with Crippen LogP contribution in [-0.4, -0.2) is 17.1 Å². The molecule has 3 rings (SSSR count). The van der Waals surface area contributed by atoms with Crippen molar-refractivity contribution in [1.82, 2.24) is 9.88 Å². The Bertz CT molecular complexity index is 823. The van der Waals surface area contributed by atoms with Crippen molar-refractivity contribution in [2.24, 2.45) is 0 Å². The van der Waals surface area contributed by atoms with Crippen molar-refractivity contribution in [2.75, 3.05) is 6.61 Å². The Morgan fingerprint density at radius 2 is 1.72 bits per heavy atom. The smallest absolute Gasteiger partial charge is 0.255 e. The van der Waals surface area contributed by atoms with E-state index in [0.29, 0.717) is 17.9 Å². The zero-order valence-electron chi connectivity index (χ0n) is 14.5. The van der Waals surface area contributed by atoms with E-state index in [1.165, 1.54) is 0 Å². The van der Waals surface area contributed by atoms with E-state index < -0.39 is 0 Å². The van der Waals surface area contributed by atoms with Gasteiger partial charge in [0, 0.05) is 18.1 Å². The summed E-state index contributed by atoms with van der Waals surface area (Å²) >= 11 is 0. The molecule has 0 aliphatic rings. The molecule has 1 amide bonds. The molecule has 0 aliphatic heterocycles. The summed E-state index contributed by atoms with van der Waals surface area (Å²) in [5.41, 5.74) is 2.70. The average molecular weight is 334 g/mol. The van der Waals surface area contributed by atoms with Crippen molar-refractivity contribution in [3.05, 3.63) is 84.2 Å². The largest absolute Gasteiger partial charge is 0.493 e. The monoisotopic (exact) mass is 334 g/mol. The lowest BCUT2D eigenvalue weighted by atomic mass is 10.1. The summed E-state index contributed by atoms with van der Waals surface area (Å²) in [4.78, 5) is 12.6. The molecule has 1 aromatic heterocycles. The zero-order chi connectivity index (χ0) is 17.6. The highest BCUT2D eigenvalue weighted by Crippen LogP contribution is 2.20. The number of amides is 1. The summed E-state index contributed by atoms with van der Waals surface area (Å²) in [5.74, 6) is 0.476. The van der Waals surface area contributed by atoms with Crippen LogP contribution in [0.2, 0.25) is 0 Å². The molecule has 0 bridgehead atoms. The van der Waals surface area contributed by atoms with Gasteiger partial charge in [0.05, 0.1) is 18.2 Å². The maximum atomic E-state index is 12.6. The molecule has 0 spiro atoms. The Morgan fingerprint density at radius 1 is 1.04 bits per heavy atom. The minimum atomic E-state index is -0.133. The second-order valence-electron chi connectivity index (χ2n) is 5.81. The average Bonchev–Trinajstić information content (AvgIpc) is 3.17. The zero-order valence-corrected chi connectivity index (χ0v) is 14.5. The minimum absolute atomic E-state index is 0.0964. The molecule has 2 aromatic carbocycles. The quantitative estimate of drug-likeness (QED) is 0.727. The van der Waals surface area contributed by atoms with E-state index in [0.717, 1.165) is 11.3 Å². The highest BCUT2D eigenvalue weighted by molar-refractivity contribution is 5.97. The summed E-state index contributed by atoms with van der Waals surface area (Å²) in [5, 5.41) is 3.04. The van der Waals surface area contributed by atoms with Gasteiger partial charge in [-0.15, -0.1) is 0 Å². The number of nitrogens with zero attached hydrogens (tertiary/aromatic N) is 1. The van der Waals surface area contributed by atoms with E-state index in [9.17, 15) is 4.79 Å². The molecule has 1 unspecified atom stereocenters. The van der Waals surface area contributed by atoms with Crippen LogP contribution in [0.25, 0.3) is 5.69 Å². The first-order valence-electron chi connectivity index (χ1n) is 8.45. The third-order valence-electron chi connectivity index (χ3n) is 4.07. The first-order chi connectivity index (χ1) is 12.2. The number of nitrogens with one attached hydrogen (secondary N) is 1. The van der Waals surface area contributed by atoms with Crippen molar-refractivity contribution >= 4 is 5.91 Å².